The molecule has 0 saturated heterocycles. The highest BCUT2D eigenvalue weighted by atomic mass is 79.9. The van der Waals surface area contributed by atoms with Gasteiger partial charge < -0.3 is 5.73 Å². The zero-order valence-corrected chi connectivity index (χ0v) is 13.2. The van der Waals surface area contributed by atoms with Gasteiger partial charge >= 0.3 is 0 Å². The van der Waals surface area contributed by atoms with Crippen molar-refractivity contribution in [1.29, 1.82) is 0 Å². The second-order valence-corrected chi connectivity index (χ2v) is 6.58. The maximum Gasteiger partial charge on any atom is 0.0331 e. The van der Waals surface area contributed by atoms with Crippen molar-refractivity contribution in [1.82, 2.24) is 0 Å². The number of thioether (sulfide) groups is 2. The topological polar surface area (TPSA) is 26.0 Å². The summed E-state index contributed by atoms with van der Waals surface area (Å²) in [5.41, 5.74) is 7.85. The lowest BCUT2D eigenvalue weighted by atomic mass is 10.2. The molecule has 0 amide bonds. The van der Waals surface area contributed by atoms with E-state index in [1.165, 1.54) is 15.4 Å². The Morgan fingerprint density at radius 3 is 2.44 bits per heavy atom. The number of hydrogen-bond donors (Lipinski definition) is 1. The second kappa shape index (κ2) is 6.55. The first-order valence-electron chi connectivity index (χ1n) is 5.50. The third-order valence-electron chi connectivity index (χ3n) is 2.51. The fourth-order valence-electron chi connectivity index (χ4n) is 1.52. The Kier molecular flexibility index (Phi) is 5.03. The van der Waals surface area contributed by atoms with Gasteiger partial charge in [0.05, 0.1) is 0 Å². The minimum Gasteiger partial charge on any atom is -0.399 e. The van der Waals surface area contributed by atoms with E-state index < -0.39 is 0 Å². The van der Waals surface area contributed by atoms with Crippen LogP contribution in [-0.2, 0) is 5.75 Å². The van der Waals surface area contributed by atoms with E-state index in [1.54, 1.807) is 11.8 Å². The summed E-state index contributed by atoms with van der Waals surface area (Å²) in [5, 5.41) is 0. The van der Waals surface area contributed by atoms with Gasteiger partial charge in [-0.25, -0.2) is 0 Å². The van der Waals surface area contributed by atoms with E-state index in [1.807, 2.05) is 23.9 Å². The Morgan fingerprint density at radius 2 is 1.83 bits per heavy atom. The lowest BCUT2D eigenvalue weighted by Gasteiger charge is -2.06. The quantitative estimate of drug-likeness (QED) is 0.623. The van der Waals surface area contributed by atoms with Gasteiger partial charge in [0, 0.05) is 25.7 Å². The summed E-state index contributed by atoms with van der Waals surface area (Å²) in [6.07, 6.45) is 2.09. The summed E-state index contributed by atoms with van der Waals surface area (Å²) in [6.45, 7) is 0. The molecule has 0 saturated carbocycles. The molecule has 0 radical (unpaired) electrons. The number of halogens is 1. The van der Waals surface area contributed by atoms with Crippen LogP contribution in [0, 0.1) is 0 Å². The fraction of sp³-hybridized carbons (Fsp3) is 0.143. The summed E-state index contributed by atoms with van der Waals surface area (Å²) in [6, 6.07) is 14.6. The Bertz CT molecular complexity index is 526. The van der Waals surface area contributed by atoms with Crippen LogP contribution in [0.1, 0.15) is 5.56 Å². The van der Waals surface area contributed by atoms with Crippen molar-refractivity contribution in [2.24, 2.45) is 0 Å². The third-order valence-corrected chi connectivity index (χ3v) is 5.32. The molecular weight excluding hydrogens is 326 g/mol. The highest BCUT2D eigenvalue weighted by molar-refractivity contribution is 9.10. The smallest absolute Gasteiger partial charge is 0.0331 e. The molecule has 0 unspecified atom stereocenters. The molecule has 0 fully saturated rings. The third kappa shape index (κ3) is 3.70. The van der Waals surface area contributed by atoms with Gasteiger partial charge in [-0.2, -0.15) is 0 Å². The molecule has 18 heavy (non-hydrogen) atoms. The highest BCUT2D eigenvalue weighted by Gasteiger charge is 2.02. The van der Waals surface area contributed by atoms with Crippen LogP contribution in [0.3, 0.4) is 0 Å². The van der Waals surface area contributed by atoms with Crippen LogP contribution in [0.25, 0.3) is 0 Å². The summed E-state index contributed by atoms with van der Waals surface area (Å²) in [7, 11) is 0. The molecule has 1 nitrogen and oxygen atoms in total. The van der Waals surface area contributed by atoms with Crippen LogP contribution in [0.4, 0.5) is 5.69 Å². The predicted octanol–water partition coefficient (Wildman–Crippen LogP) is 5.05. The average molecular weight is 340 g/mol. The molecule has 2 aromatic carbocycles. The summed E-state index contributed by atoms with van der Waals surface area (Å²) < 4.78 is 1.06. The van der Waals surface area contributed by atoms with Crippen LogP contribution in [0.5, 0.6) is 0 Å². The van der Waals surface area contributed by atoms with Gasteiger partial charge in [-0.15, -0.1) is 23.5 Å². The van der Waals surface area contributed by atoms with Gasteiger partial charge in [0.15, 0.2) is 0 Å². The van der Waals surface area contributed by atoms with Crippen LogP contribution < -0.4 is 5.73 Å². The minimum absolute atomic E-state index is 0.788. The molecule has 94 valence electrons. The van der Waals surface area contributed by atoms with E-state index in [-0.39, 0.29) is 0 Å². The van der Waals surface area contributed by atoms with E-state index in [0.29, 0.717) is 0 Å². The van der Waals surface area contributed by atoms with Crippen LogP contribution in [-0.4, -0.2) is 6.26 Å². The van der Waals surface area contributed by atoms with E-state index >= 15 is 0 Å². The minimum atomic E-state index is 0.788. The lowest BCUT2D eigenvalue weighted by Crippen LogP contribution is -1.86. The number of nitrogen functional groups attached to an aromatic ring is 1. The van der Waals surface area contributed by atoms with Crippen LogP contribution in [0.15, 0.2) is 56.7 Å². The predicted molar refractivity (Wildman–Crippen MR) is 86.3 cm³/mol. The summed E-state index contributed by atoms with van der Waals surface area (Å²) in [5.74, 6) is 0.969. The van der Waals surface area contributed by atoms with Gasteiger partial charge in [0.1, 0.15) is 0 Å². The molecule has 2 rings (SSSR count). The van der Waals surface area contributed by atoms with Crippen molar-refractivity contribution in [2.75, 3.05) is 12.0 Å². The second-order valence-electron chi connectivity index (χ2n) is 3.83. The first kappa shape index (κ1) is 13.8. The van der Waals surface area contributed by atoms with Gasteiger partial charge in [0.2, 0.25) is 0 Å². The van der Waals surface area contributed by atoms with Gasteiger partial charge in [0.25, 0.3) is 0 Å². The zero-order valence-electron chi connectivity index (χ0n) is 10.0. The van der Waals surface area contributed by atoms with Crippen molar-refractivity contribution in [3.05, 3.63) is 52.5 Å². The average Bonchev–Trinajstić information content (AvgIpc) is 2.38. The molecule has 0 aliphatic rings. The van der Waals surface area contributed by atoms with Crippen molar-refractivity contribution in [3.8, 4) is 0 Å². The summed E-state index contributed by atoms with van der Waals surface area (Å²) in [4.78, 5) is 2.52. The monoisotopic (exact) mass is 339 g/mol. The molecule has 0 heterocycles. The Balaban J connectivity index is 2.02. The first-order valence-corrected chi connectivity index (χ1v) is 8.50. The molecule has 0 spiro atoms. The van der Waals surface area contributed by atoms with Crippen molar-refractivity contribution in [3.63, 3.8) is 0 Å². The molecular formula is C14H14BrNS2. The van der Waals surface area contributed by atoms with Crippen molar-refractivity contribution >= 4 is 45.1 Å². The fourth-order valence-corrected chi connectivity index (χ4v) is 3.54. The summed E-state index contributed by atoms with van der Waals surface area (Å²) >= 11 is 7.12. The van der Waals surface area contributed by atoms with Gasteiger partial charge in [-0.05, 0) is 58.1 Å². The van der Waals surface area contributed by atoms with E-state index in [2.05, 4.69) is 52.5 Å². The molecule has 0 bridgehead atoms. The normalized spacial score (nSPS) is 10.6. The number of rotatable bonds is 4. The molecule has 0 aliphatic carbocycles. The molecule has 0 aliphatic heterocycles. The number of hydrogen-bond acceptors (Lipinski definition) is 3. The Morgan fingerprint density at radius 1 is 1.11 bits per heavy atom. The molecule has 2 aromatic rings. The van der Waals surface area contributed by atoms with E-state index in [9.17, 15) is 0 Å². The SMILES string of the molecule is CSc1ccc(CSc2ccc(N)cc2Br)cc1. The maximum atomic E-state index is 5.73. The standard InChI is InChI=1S/C14H14BrNS2/c1-17-12-5-2-10(3-6-12)9-18-14-7-4-11(16)8-13(14)15/h2-8H,9,16H2,1H3. The number of anilines is 1. The van der Waals surface area contributed by atoms with Crippen LogP contribution >= 0.6 is 39.5 Å². The maximum absolute atomic E-state index is 5.73. The zero-order chi connectivity index (χ0) is 13.0. The Labute approximate surface area is 125 Å². The molecule has 2 N–H and O–H groups in total. The van der Waals surface area contributed by atoms with E-state index in [0.717, 1.165) is 15.9 Å². The number of nitrogens with two attached hydrogens (primary N) is 1. The van der Waals surface area contributed by atoms with Crippen LogP contribution in [0.2, 0.25) is 0 Å². The largest absolute Gasteiger partial charge is 0.399 e. The number of benzene rings is 2. The van der Waals surface area contributed by atoms with Gasteiger partial charge in [-0.1, -0.05) is 12.1 Å². The lowest BCUT2D eigenvalue weighted by molar-refractivity contribution is 1.33. The first-order chi connectivity index (χ1) is 8.69. The molecule has 0 atom stereocenters. The highest BCUT2D eigenvalue weighted by Crippen LogP contribution is 2.31. The molecule has 0 aromatic heterocycles. The van der Waals surface area contributed by atoms with Crippen molar-refractivity contribution in [2.45, 2.75) is 15.5 Å². The van der Waals surface area contributed by atoms with Gasteiger partial charge in [-0.3, -0.25) is 0 Å². The van der Waals surface area contributed by atoms with E-state index in [4.69, 9.17) is 5.73 Å². The van der Waals surface area contributed by atoms with Crippen molar-refractivity contribution < 1.29 is 0 Å². The Hall–Kier alpha value is -0.580. The molecule has 4 heteroatoms.